The second kappa shape index (κ2) is 5.38. The van der Waals surface area contributed by atoms with E-state index in [1.54, 1.807) is 0 Å². The molecule has 2 aromatic rings. The molecular weight excluding hydrogens is 297 g/mol. The maximum atomic E-state index is 13.0. The second-order valence-corrected chi connectivity index (χ2v) is 4.14. The lowest BCUT2D eigenvalue weighted by Gasteiger charge is -2.08. The number of hydrogen-bond donors (Lipinski definition) is 2. The number of benzene rings is 1. The van der Waals surface area contributed by atoms with Gasteiger partial charge in [-0.15, -0.1) is 0 Å². The summed E-state index contributed by atoms with van der Waals surface area (Å²) in [5.74, 6) is -5.64. The topological polar surface area (TPSA) is 62.2 Å². The van der Waals surface area contributed by atoms with E-state index < -0.39 is 23.4 Å². The second-order valence-electron chi connectivity index (χ2n) is 3.75. The Morgan fingerprint density at radius 1 is 1.15 bits per heavy atom. The van der Waals surface area contributed by atoms with Crippen LogP contribution in [0, 0.1) is 17.5 Å². The van der Waals surface area contributed by atoms with E-state index >= 15 is 0 Å². The Kier molecular flexibility index (Phi) is 3.80. The first-order valence-corrected chi connectivity index (χ1v) is 5.57. The molecule has 4 nitrogen and oxygen atoms in total. The number of halogens is 4. The number of aromatic nitrogens is 1. The van der Waals surface area contributed by atoms with Crippen molar-refractivity contribution >= 4 is 29.1 Å². The zero-order valence-corrected chi connectivity index (χ0v) is 10.4. The number of pyridine rings is 1. The molecule has 0 aliphatic carbocycles. The van der Waals surface area contributed by atoms with Gasteiger partial charge in [0.05, 0.1) is 5.56 Å². The van der Waals surface area contributed by atoms with E-state index in [1.807, 2.05) is 0 Å². The molecule has 0 radical (unpaired) electrons. The molecule has 0 aliphatic rings. The van der Waals surface area contributed by atoms with Crippen LogP contribution in [0.4, 0.5) is 24.7 Å². The van der Waals surface area contributed by atoms with Crippen molar-refractivity contribution in [2.75, 3.05) is 5.32 Å². The van der Waals surface area contributed by atoms with Crippen LogP contribution in [0.15, 0.2) is 24.3 Å². The summed E-state index contributed by atoms with van der Waals surface area (Å²) < 4.78 is 38.9. The summed E-state index contributed by atoms with van der Waals surface area (Å²) in [5.41, 5.74) is -0.289. The highest BCUT2D eigenvalue weighted by Crippen LogP contribution is 2.22. The van der Waals surface area contributed by atoms with Gasteiger partial charge in [0.2, 0.25) is 0 Å². The highest BCUT2D eigenvalue weighted by molar-refractivity contribution is 6.29. The van der Waals surface area contributed by atoms with E-state index in [4.69, 9.17) is 16.7 Å². The molecule has 0 fully saturated rings. The number of carboxylic acid groups (broad SMARTS) is 1. The van der Waals surface area contributed by atoms with Gasteiger partial charge in [0, 0.05) is 17.8 Å². The van der Waals surface area contributed by atoms with Gasteiger partial charge in [0.25, 0.3) is 0 Å². The molecule has 8 heteroatoms. The van der Waals surface area contributed by atoms with Crippen LogP contribution in [0.5, 0.6) is 0 Å². The van der Waals surface area contributed by atoms with Crippen LogP contribution in [0.3, 0.4) is 0 Å². The fourth-order valence-corrected chi connectivity index (χ4v) is 1.67. The molecule has 1 heterocycles. The van der Waals surface area contributed by atoms with E-state index in [0.29, 0.717) is 12.1 Å². The number of rotatable bonds is 3. The maximum absolute atomic E-state index is 13.0. The van der Waals surface area contributed by atoms with Crippen molar-refractivity contribution in [3.63, 3.8) is 0 Å². The molecule has 2 N–H and O–H groups in total. The fourth-order valence-electron chi connectivity index (χ4n) is 1.46. The normalized spacial score (nSPS) is 10.4. The molecule has 0 bridgehead atoms. The molecule has 0 saturated heterocycles. The molecule has 0 saturated carbocycles. The summed E-state index contributed by atoms with van der Waals surface area (Å²) >= 11 is 5.63. The molecule has 1 aromatic carbocycles. The first kappa shape index (κ1) is 14.1. The Morgan fingerprint density at radius 2 is 1.75 bits per heavy atom. The number of hydrogen-bond acceptors (Lipinski definition) is 3. The summed E-state index contributed by atoms with van der Waals surface area (Å²) in [4.78, 5) is 14.6. The molecule has 20 heavy (non-hydrogen) atoms. The van der Waals surface area contributed by atoms with Crippen molar-refractivity contribution in [2.24, 2.45) is 0 Å². The highest BCUT2D eigenvalue weighted by Gasteiger charge is 2.12. The molecule has 0 amide bonds. The molecule has 2 rings (SSSR count). The predicted octanol–water partition coefficient (Wildman–Crippen LogP) is 3.59. The Hall–Kier alpha value is -2.28. The van der Waals surface area contributed by atoms with Gasteiger partial charge in [0.1, 0.15) is 11.0 Å². The largest absolute Gasteiger partial charge is 0.478 e. The average molecular weight is 303 g/mol. The lowest BCUT2D eigenvalue weighted by atomic mass is 10.2. The lowest BCUT2D eigenvalue weighted by molar-refractivity contribution is 0.0697. The number of aromatic carboxylic acids is 1. The minimum Gasteiger partial charge on any atom is -0.478 e. The van der Waals surface area contributed by atoms with Crippen molar-refractivity contribution in [1.29, 1.82) is 0 Å². The van der Waals surface area contributed by atoms with Gasteiger partial charge in [-0.1, -0.05) is 11.6 Å². The Morgan fingerprint density at radius 3 is 2.30 bits per heavy atom. The average Bonchev–Trinajstić information content (AvgIpc) is 2.35. The maximum Gasteiger partial charge on any atom is 0.335 e. The predicted molar refractivity (Wildman–Crippen MR) is 65.8 cm³/mol. The Balaban J connectivity index is 2.37. The molecule has 1 aromatic heterocycles. The van der Waals surface area contributed by atoms with E-state index in [-0.39, 0.29) is 22.2 Å². The standard InChI is InChI=1S/C12H6ClF3N2O2/c13-9-1-5(12(19)20)2-10(18-9)17-6-3-7(14)11(16)8(15)4-6/h1-4H,(H,17,18)(H,19,20). The van der Waals surface area contributed by atoms with Crippen molar-refractivity contribution in [3.05, 3.63) is 52.4 Å². The molecule has 0 atom stereocenters. The monoisotopic (exact) mass is 302 g/mol. The van der Waals surface area contributed by atoms with Crippen LogP contribution in [-0.4, -0.2) is 16.1 Å². The molecule has 0 aliphatic heterocycles. The molecule has 104 valence electrons. The minimum absolute atomic E-state index is 0.0414. The summed E-state index contributed by atoms with van der Waals surface area (Å²) in [7, 11) is 0. The number of nitrogens with zero attached hydrogens (tertiary/aromatic N) is 1. The fraction of sp³-hybridized carbons (Fsp3) is 0. The van der Waals surface area contributed by atoms with Crippen molar-refractivity contribution in [2.45, 2.75) is 0 Å². The van der Waals surface area contributed by atoms with E-state index in [0.717, 1.165) is 12.1 Å². The number of anilines is 2. The van der Waals surface area contributed by atoms with Crippen molar-refractivity contribution in [1.82, 2.24) is 4.98 Å². The molecule has 0 spiro atoms. The minimum atomic E-state index is -1.60. The van der Waals surface area contributed by atoms with E-state index in [9.17, 15) is 18.0 Å². The lowest BCUT2D eigenvalue weighted by Crippen LogP contribution is -2.02. The molecular formula is C12H6ClF3N2O2. The first-order chi connectivity index (χ1) is 9.36. The summed E-state index contributed by atoms with van der Waals surface area (Å²) in [6, 6.07) is 3.65. The van der Waals surface area contributed by atoms with Gasteiger partial charge in [0.15, 0.2) is 17.5 Å². The van der Waals surface area contributed by atoms with E-state index in [1.165, 1.54) is 0 Å². The van der Waals surface area contributed by atoms with Crippen LogP contribution in [0.1, 0.15) is 10.4 Å². The molecule has 0 unspecified atom stereocenters. The Labute approximate surface area is 115 Å². The zero-order chi connectivity index (χ0) is 14.9. The smallest absolute Gasteiger partial charge is 0.335 e. The summed E-state index contributed by atoms with van der Waals surface area (Å²) in [6.07, 6.45) is 0. The summed E-state index contributed by atoms with van der Waals surface area (Å²) in [6.45, 7) is 0. The first-order valence-electron chi connectivity index (χ1n) is 5.19. The number of carbonyl (C=O) groups is 1. The van der Waals surface area contributed by atoms with Gasteiger partial charge in [-0.3, -0.25) is 0 Å². The van der Waals surface area contributed by atoms with Crippen molar-refractivity contribution < 1.29 is 23.1 Å². The number of nitrogens with one attached hydrogen (secondary N) is 1. The third kappa shape index (κ3) is 3.00. The SMILES string of the molecule is O=C(O)c1cc(Cl)nc(Nc2cc(F)c(F)c(F)c2)c1. The van der Waals surface area contributed by atoms with Crippen molar-refractivity contribution in [3.8, 4) is 0 Å². The quantitative estimate of drug-likeness (QED) is 0.672. The van der Waals surface area contributed by atoms with Gasteiger partial charge >= 0.3 is 5.97 Å². The third-order valence-electron chi connectivity index (χ3n) is 2.30. The number of carboxylic acids is 1. The summed E-state index contributed by atoms with van der Waals surface area (Å²) in [5, 5.41) is 11.2. The van der Waals surface area contributed by atoms with Gasteiger partial charge in [-0.05, 0) is 12.1 Å². The van der Waals surface area contributed by atoms with Crippen LogP contribution in [-0.2, 0) is 0 Å². The Bertz CT molecular complexity index is 671. The zero-order valence-electron chi connectivity index (χ0n) is 9.62. The third-order valence-corrected chi connectivity index (χ3v) is 2.49. The van der Waals surface area contributed by atoms with Gasteiger partial charge in [-0.2, -0.15) is 0 Å². The van der Waals surface area contributed by atoms with Gasteiger partial charge < -0.3 is 10.4 Å². The highest BCUT2D eigenvalue weighted by atomic mass is 35.5. The van der Waals surface area contributed by atoms with Gasteiger partial charge in [-0.25, -0.2) is 22.9 Å². The van der Waals surface area contributed by atoms with Crippen LogP contribution in [0.25, 0.3) is 0 Å². The van der Waals surface area contributed by atoms with Crippen LogP contribution >= 0.6 is 11.6 Å². The van der Waals surface area contributed by atoms with E-state index in [2.05, 4.69) is 10.3 Å². The van der Waals surface area contributed by atoms with Crippen LogP contribution in [0.2, 0.25) is 5.15 Å². The van der Waals surface area contributed by atoms with Crippen LogP contribution < -0.4 is 5.32 Å².